The first-order valence-electron chi connectivity index (χ1n) is 8.18. The number of hydrogen-bond donors (Lipinski definition) is 0. The van der Waals surface area contributed by atoms with E-state index in [1.807, 2.05) is 0 Å². The van der Waals surface area contributed by atoms with Gasteiger partial charge in [0.25, 0.3) is 0 Å². The van der Waals surface area contributed by atoms with Crippen LogP contribution in [0.3, 0.4) is 0 Å². The van der Waals surface area contributed by atoms with Crippen LogP contribution in [0.4, 0.5) is 13.2 Å². The molecule has 2 aromatic carbocycles. The third-order valence-electron chi connectivity index (χ3n) is 4.86. The van der Waals surface area contributed by atoms with E-state index in [-0.39, 0.29) is 23.6 Å². The summed E-state index contributed by atoms with van der Waals surface area (Å²) < 4.78 is 63.7. The van der Waals surface area contributed by atoms with Crippen molar-refractivity contribution in [3.63, 3.8) is 0 Å². The average Bonchev–Trinajstić information content (AvgIpc) is 3.02. The highest BCUT2D eigenvalue weighted by Crippen LogP contribution is 2.50. The number of sulfone groups is 1. The molecule has 0 N–H and O–H groups in total. The smallest absolute Gasteiger partial charge is 0.175 e. The van der Waals surface area contributed by atoms with Gasteiger partial charge in [-0.25, -0.2) is 12.8 Å². The Hall–Kier alpha value is -2.08. The summed E-state index contributed by atoms with van der Waals surface area (Å²) in [6, 6.07) is 12.1. The Morgan fingerprint density at radius 2 is 1.27 bits per heavy atom. The summed E-state index contributed by atoms with van der Waals surface area (Å²) in [5.74, 6) is -0.381. The molecule has 1 aliphatic rings. The molecule has 0 fully saturated rings. The van der Waals surface area contributed by atoms with E-state index in [1.54, 1.807) is 24.3 Å². The van der Waals surface area contributed by atoms with E-state index in [0.717, 1.165) is 28.5 Å². The van der Waals surface area contributed by atoms with Gasteiger partial charge in [-0.05, 0) is 59.4 Å². The van der Waals surface area contributed by atoms with Crippen LogP contribution < -0.4 is 0 Å². The Bertz CT molecular complexity index is 926. The van der Waals surface area contributed by atoms with Crippen LogP contribution in [0, 0.1) is 11.2 Å². The second kappa shape index (κ2) is 6.91. The quantitative estimate of drug-likeness (QED) is 0.742. The van der Waals surface area contributed by atoms with Crippen molar-refractivity contribution in [3.05, 3.63) is 65.5 Å². The highest BCUT2D eigenvalue weighted by atomic mass is 32.2. The molecule has 0 amide bonds. The SMILES string of the molecule is CS(=O)(=O)c1ccc(C2=C(c3ccc(F)cc3)CC(CF)(CF)C2)cc1. The van der Waals surface area contributed by atoms with Gasteiger partial charge in [0.1, 0.15) is 5.82 Å². The Morgan fingerprint density at radius 3 is 1.65 bits per heavy atom. The number of rotatable bonds is 5. The van der Waals surface area contributed by atoms with E-state index in [1.165, 1.54) is 24.3 Å². The lowest BCUT2D eigenvalue weighted by atomic mass is 9.85. The second-order valence-corrected chi connectivity index (χ2v) is 8.90. The maximum Gasteiger partial charge on any atom is 0.175 e. The molecule has 1 aliphatic carbocycles. The fourth-order valence-corrected chi connectivity index (χ4v) is 3.99. The van der Waals surface area contributed by atoms with E-state index < -0.39 is 28.6 Å². The predicted molar refractivity (Wildman–Crippen MR) is 96.4 cm³/mol. The van der Waals surface area contributed by atoms with Gasteiger partial charge >= 0.3 is 0 Å². The number of halogens is 3. The Morgan fingerprint density at radius 1 is 0.846 bits per heavy atom. The monoisotopic (exact) mass is 380 g/mol. The van der Waals surface area contributed by atoms with Gasteiger partial charge < -0.3 is 0 Å². The molecule has 0 atom stereocenters. The first-order chi connectivity index (χ1) is 12.3. The van der Waals surface area contributed by atoms with Crippen LogP contribution in [0.25, 0.3) is 11.1 Å². The van der Waals surface area contributed by atoms with Crippen LogP contribution in [-0.2, 0) is 9.84 Å². The van der Waals surface area contributed by atoms with Crippen molar-refractivity contribution >= 4 is 21.0 Å². The first kappa shape index (κ1) is 18.7. The molecule has 0 bridgehead atoms. The molecule has 0 saturated carbocycles. The van der Waals surface area contributed by atoms with Crippen LogP contribution in [0.15, 0.2) is 53.4 Å². The third-order valence-corrected chi connectivity index (χ3v) is 5.99. The van der Waals surface area contributed by atoms with Crippen LogP contribution in [0.5, 0.6) is 0 Å². The molecule has 3 rings (SSSR count). The van der Waals surface area contributed by atoms with Crippen LogP contribution in [-0.4, -0.2) is 28.0 Å². The Balaban J connectivity index is 2.09. The standard InChI is InChI=1S/C20H19F3O2S/c1-26(24,25)17-8-4-15(5-9-17)19-11-20(12-21,13-22)10-18(19)14-2-6-16(23)7-3-14/h2-9H,10-13H2,1H3. The van der Waals surface area contributed by atoms with Crippen molar-refractivity contribution in [3.8, 4) is 0 Å². The normalized spacial score (nSPS) is 16.9. The zero-order chi connectivity index (χ0) is 18.9. The van der Waals surface area contributed by atoms with Gasteiger partial charge in [0, 0.05) is 11.7 Å². The van der Waals surface area contributed by atoms with E-state index in [2.05, 4.69) is 0 Å². The summed E-state index contributed by atoms with van der Waals surface area (Å²) in [6.45, 7) is -1.59. The molecule has 0 aliphatic heterocycles. The number of alkyl halides is 2. The number of allylic oxidation sites excluding steroid dienone is 2. The minimum atomic E-state index is -3.32. The molecule has 2 nitrogen and oxygen atoms in total. The largest absolute Gasteiger partial charge is 0.250 e. The summed E-state index contributed by atoms with van der Waals surface area (Å²) in [4.78, 5) is 0.186. The van der Waals surface area contributed by atoms with Crippen molar-refractivity contribution in [2.45, 2.75) is 17.7 Å². The lowest BCUT2D eigenvalue weighted by molar-refractivity contribution is 0.170. The molecular weight excluding hydrogens is 361 g/mol. The molecule has 2 aromatic rings. The Kier molecular flexibility index (Phi) is 4.97. The molecule has 0 spiro atoms. The van der Waals surface area contributed by atoms with Gasteiger partial charge in [-0.3, -0.25) is 8.78 Å². The van der Waals surface area contributed by atoms with Gasteiger partial charge in [0.05, 0.1) is 18.2 Å². The molecule has 0 saturated heterocycles. The first-order valence-corrected chi connectivity index (χ1v) is 10.1. The van der Waals surface area contributed by atoms with Crippen molar-refractivity contribution in [1.29, 1.82) is 0 Å². The molecule has 0 heterocycles. The fourth-order valence-electron chi connectivity index (χ4n) is 3.36. The van der Waals surface area contributed by atoms with Gasteiger partial charge in [-0.2, -0.15) is 0 Å². The van der Waals surface area contributed by atoms with Gasteiger partial charge in [0.2, 0.25) is 0 Å². The lowest BCUT2D eigenvalue weighted by Gasteiger charge is -2.22. The molecule has 0 aromatic heterocycles. The number of benzene rings is 2. The topological polar surface area (TPSA) is 34.1 Å². The average molecular weight is 380 g/mol. The van der Waals surface area contributed by atoms with E-state index >= 15 is 0 Å². The third kappa shape index (κ3) is 3.56. The summed E-state index contributed by atoms with van der Waals surface area (Å²) in [5, 5.41) is 0. The van der Waals surface area contributed by atoms with Crippen molar-refractivity contribution < 1.29 is 21.6 Å². The van der Waals surface area contributed by atoms with Crippen LogP contribution in [0.1, 0.15) is 24.0 Å². The van der Waals surface area contributed by atoms with Crippen molar-refractivity contribution in [2.75, 3.05) is 19.6 Å². The molecule has 0 unspecified atom stereocenters. The minimum Gasteiger partial charge on any atom is -0.250 e. The zero-order valence-corrected chi connectivity index (χ0v) is 15.1. The van der Waals surface area contributed by atoms with E-state index in [0.29, 0.717) is 0 Å². The van der Waals surface area contributed by atoms with Gasteiger partial charge in [0.15, 0.2) is 9.84 Å². The van der Waals surface area contributed by atoms with E-state index in [9.17, 15) is 21.6 Å². The maximum atomic E-state index is 13.6. The molecular formula is C20H19F3O2S. The van der Waals surface area contributed by atoms with Crippen LogP contribution >= 0.6 is 0 Å². The maximum absolute atomic E-state index is 13.6. The molecule has 6 heteroatoms. The lowest BCUT2D eigenvalue weighted by Crippen LogP contribution is -2.22. The van der Waals surface area contributed by atoms with Gasteiger partial charge in [-0.1, -0.05) is 24.3 Å². The van der Waals surface area contributed by atoms with Gasteiger partial charge in [-0.15, -0.1) is 0 Å². The van der Waals surface area contributed by atoms with Crippen molar-refractivity contribution in [1.82, 2.24) is 0 Å². The molecule has 138 valence electrons. The zero-order valence-electron chi connectivity index (χ0n) is 14.3. The van der Waals surface area contributed by atoms with Crippen LogP contribution in [0.2, 0.25) is 0 Å². The fraction of sp³-hybridized carbons (Fsp3) is 0.300. The van der Waals surface area contributed by atoms with E-state index in [4.69, 9.17) is 0 Å². The minimum absolute atomic E-state index is 0.186. The molecule has 0 radical (unpaired) electrons. The highest BCUT2D eigenvalue weighted by Gasteiger charge is 2.40. The summed E-state index contributed by atoms with van der Waals surface area (Å²) in [7, 11) is -3.32. The predicted octanol–water partition coefficient (Wildman–Crippen LogP) is 4.86. The summed E-state index contributed by atoms with van der Waals surface area (Å²) in [6.07, 6.45) is 1.55. The van der Waals surface area contributed by atoms with Crippen molar-refractivity contribution in [2.24, 2.45) is 5.41 Å². The summed E-state index contributed by atoms with van der Waals surface area (Å²) >= 11 is 0. The number of hydrogen-bond acceptors (Lipinski definition) is 2. The second-order valence-electron chi connectivity index (χ2n) is 6.88. The molecule has 26 heavy (non-hydrogen) atoms. The Labute approximate surface area is 151 Å². The highest BCUT2D eigenvalue weighted by molar-refractivity contribution is 7.90. The summed E-state index contributed by atoms with van der Waals surface area (Å²) in [5.41, 5.74) is 1.87.